The van der Waals surface area contributed by atoms with Crippen molar-refractivity contribution in [2.24, 2.45) is 0 Å². The zero-order valence-electron chi connectivity index (χ0n) is 19.0. The van der Waals surface area contributed by atoms with Crippen LogP contribution in [0.4, 0.5) is 13.2 Å². The zero-order chi connectivity index (χ0) is 25.2. The average Bonchev–Trinajstić information content (AvgIpc) is 3.46. The number of pyridine rings is 1. The van der Waals surface area contributed by atoms with Gasteiger partial charge in [0, 0.05) is 25.0 Å². The molecule has 0 spiro atoms. The summed E-state index contributed by atoms with van der Waals surface area (Å²) in [5, 5.41) is 0.577. The number of sulfonamides is 1. The molecule has 0 saturated heterocycles. The molecule has 0 radical (unpaired) electrons. The molecular weight excluding hydrogens is 501 g/mol. The van der Waals surface area contributed by atoms with Gasteiger partial charge in [-0.25, -0.2) is 13.4 Å². The average molecular weight is 525 g/mol. The number of alkyl halides is 3. The Labute approximate surface area is 205 Å². The minimum atomic E-state index is -4.49. The molecule has 0 N–H and O–H groups in total. The Hall–Kier alpha value is -2.83. The lowest BCUT2D eigenvalue weighted by atomic mass is 10.3. The largest absolute Gasteiger partial charge is 0.467 e. The maximum absolute atomic E-state index is 13.0. The first-order valence-electron chi connectivity index (χ1n) is 10.8. The molecule has 12 heteroatoms. The van der Waals surface area contributed by atoms with Gasteiger partial charge in [0.2, 0.25) is 10.0 Å². The predicted octanol–water partition coefficient (Wildman–Crippen LogP) is 5.41. The Bertz CT molecular complexity index is 1400. The summed E-state index contributed by atoms with van der Waals surface area (Å²) in [6.07, 6.45) is -1.74. The van der Waals surface area contributed by atoms with E-state index in [-0.39, 0.29) is 4.90 Å². The molecule has 4 rings (SSSR count). The molecular formula is C23H23F3N4O3S2. The maximum atomic E-state index is 13.0. The normalized spacial score (nSPS) is 12.6. The first kappa shape index (κ1) is 25.3. The highest BCUT2D eigenvalue weighted by molar-refractivity contribution is 7.98. The summed E-state index contributed by atoms with van der Waals surface area (Å²) in [6.45, 7) is 4.63. The summed E-state index contributed by atoms with van der Waals surface area (Å²) in [7, 11) is -3.66. The van der Waals surface area contributed by atoms with Gasteiger partial charge in [-0.15, -0.1) is 0 Å². The number of imidazole rings is 1. The summed E-state index contributed by atoms with van der Waals surface area (Å²) in [6, 6.07) is 10.7. The number of hydrogen-bond donors (Lipinski definition) is 0. The van der Waals surface area contributed by atoms with Gasteiger partial charge in [0.05, 0.1) is 28.7 Å². The number of nitrogens with zero attached hydrogens (tertiary/aromatic N) is 4. The van der Waals surface area contributed by atoms with Crippen molar-refractivity contribution >= 4 is 32.8 Å². The van der Waals surface area contributed by atoms with Crippen molar-refractivity contribution in [2.45, 2.75) is 42.4 Å². The molecule has 7 nitrogen and oxygen atoms in total. The lowest BCUT2D eigenvalue weighted by Gasteiger charge is -2.18. The Morgan fingerprint density at radius 3 is 2.49 bits per heavy atom. The highest BCUT2D eigenvalue weighted by atomic mass is 32.2. The molecule has 0 aliphatic rings. The van der Waals surface area contributed by atoms with Crippen LogP contribution in [0.2, 0.25) is 0 Å². The van der Waals surface area contributed by atoms with Crippen LogP contribution in [0.3, 0.4) is 0 Å². The molecule has 3 aromatic heterocycles. The summed E-state index contributed by atoms with van der Waals surface area (Å²) in [4.78, 5) is 8.31. The van der Waals surface area contributed by atoms with E-state index in [1.165, 1.54) is 28.3 Å². The second kappa shape index (κ2) is 10.0. The third kappa shape index (κ3) is 5.39. The van der Waals surface area contributed by atoms with Gasteiger partial charge in [-0.3, -0.25) is 4.98 Å². The van der Waals surface area contributed by atoms with Crippen LogP contribution in [0, 0.1) is 0 Å². The third-order valence-electron chi connectivity index (χ3n) is 5.41. The lowest BCUT2D eigenvalue weighted by molar-refractivity contribution is -0.141. The minimum absolute atomic E-state index is 0.153. The second-order valence-electron chi connectivity index (χ2n) is 7.64. The van der Waals surface area contributed by atoms with E-state index in [0.717, 1.165) is 6.07 Å². The van der Waals surface area contributed by atoms with Crippen LogP contribution in [-0.4, -0.2) is 40.3 Å². The number of fused-ring (bicyclic) bond motifs is 1. The van der Waals surface area contributed by atoms with E-state index < -0.39 is 21.9 Å². The minimum Gasteiger partial charge on any atom is -0.467 e. The molecule has 0 atom stereocenters. The first-order chi connectivity index (χ1) is 16.6. The zero-order valence-corrected chi connectivity index (χ0v) is 20.6. The Morgan fingerprint density at radius 1 is 1.11 bits per heavy atom. The Kier molecular flexibility index (Phi) is 7.25. The number of aromatic nitrogens is 3. The number of furan rings is 1. The predicted molar refractivity (Wildman–Crippen MR) is 126 cm³/mol. The van der Waals surface area contributed by atoms with Gasteiger partial charge in [-0.1, -0.05) is 31.7 Å². The van der Waals surface area contributed by atoms with Gasteiger partial charge < -0.3 is 8.98 Å². The third-order valence-corrected chi connectivity index (χ3v) is 8.50. The fourth-order valence-electron chi connectivity index (χ4n) is 3.61. The summed E-state index contributed by atoms with van der Waals surface area (Å²) >= 11 is 1.32. The van der Waals surface area contributed by atoms with Crippen LogP contribution in [0.25, 0.3) is 11.0 Å². The molecule has 4 aromatic rings. The van der Waals surface area contributed by atoms with Gasteiger partial charge >= 0.3 is 6.18 Å². The molecule has 0 aliphatic heterocycles. The molecule has 1 aromatic carbocycles. The number of benzene rings is 1. The van der Waals surface area contributed by atoms with Crippen LogP contribution in [-0.2, 0) is 28.5 Å². The van der Waals surface area contributed by atoms with Crippen molar-refractivity contribution in [3.8, 4) is 0 Å². The van der Waals surface area contributed by atoms with Crippen LogP contribution in [0.15, 0.2) is 69.4 Å². The van der Waals surface area contributed by atoms with Gasteiger partial charge in [0.1, 0.15) is 11.5 Å². The number of rotatable bonds is 9. The Morgan fingerprint density at radius 2 is 1.89 bits per heavy atom. The first-order valence-corrected chi connectivity index (χ1v) is 13.2. The van der Waals surface area contributed by atoms with E-state index in [1.807, 2.05) is 10.6 Å². The molecule has 3 heterocycles. The van der Waals surface area contributed by atoms with Crippen LogP contribution < -0.4 is 0 Å². The second-order valence-corrected chi connectivity index (χ2v) is 10.5. The van der Waals surface area contributed by atoms with Crippen molar-refractivity contribution in [3.63, 3.8) is 0 Å². The molecule has 35 heavy (non-hydrogen) atoms. The summed E-state index contributed by atoms with van der Waals surface area (Å²) in [5.74, 6) is 1.01. The van der Waals surface area contributed by atoms with E-state index >= 15 is 0 Å². The highest BCUT2D eigenvalue weighted by Gasteiger charge is 2.32. The van der Waals surface area contributed by atoms with E-state index in [9.17, 15) is 21.6 Å². The van der Waals surface area contributed by atoms with Gasteiger partial charge in [0.15, 0.2) is 5.16 Å². The standard InChI is InChI=1S/C23H23F3N4O3S2/c1-3-29(4-2)35(31,32)18-8-9-20-19(12-18)28-22(30(20)14-17-6-5-11-33-17)34-15-16-7-10-21(27-13-16)23(24,25)26/h5-13H,3-4,14-15H2,1-2H3. The van der Waals surface area contributed by atoms with Crippen molar-refractivity contribution in [2.75, 3.05) is 13.1 Å². The SMILES string of the molecule is CCN(CC)S(=O)(=O)c1ccc2c(c1)nc(SCc1ccc(C(F)(F)F)nc1)n2Cc1ccco1. The molecule has 0 bridgehead atoms. The van der Waals surface area contributed by atoms with Gasteiger partial charge in [0.25, 0.3) is 0 Å². The van der Waals surface area contributed by atoms with Crippen molar-refractivity contribution in [3.05, 3.63) is 71.9 Å². The monoisotopic (exact) mass is 524 g/mol. The molecule has 0 unspecified atom stereocenters. The molecule has 0 amide bonds. The van der Waals surface area contributed by atoms with E-state index in [1.54, 1.807) is 44.4 Å². The number of thioether (sulfide) groups is 1. The topological polar surface area (TPSA) is 81.2 Å². The smallest absolute Gasteiger partial charge is 0.433 e. The van der Waals surface area contributed by atoms with Crippen molar-refractivity contribution < 1.29 is 26.0 Å². The Balaban J connectivity index is 1.68. The summed E-state index contributed by atoms with van der Waals surface area (Å²) < 4.78 is 73.1. The fraction of sp³-hybridized carbons (Fsp3) is 0.304. The van der Waals surface area contributed by atoms with E-state index in [2.05, 4.69) is 9.97 Å². The fourth-order valence-corrected chi connectivity index (χ4v) is 6.03. The van der Waals surface area contributed by atoms with Crippen molar-refractivity contribution in [1.82, 2.24) is 18.8 Å². The van der Waals surface area contributed by atoms with Crippen LogP contribution in [0.1, 0.15) is 30.9 Å². The van der Waals surface area contributed by atoms with Crippen LogP contribution in [0.5, 0.6) is 0 Å². The number of halogens is 3. The van der Waals surface area contributed by atoms with Gasteiger partial charge in [-0.2, -0.15) is 17.5 Å². The van der Waals surface area contributed by atoms with Crippen molar-refractivity contribution in [1.29, 1.82) is 0 Å². The molecule has 0 aliphatic carbocycles. The number of hydrogen-bond acceptors (Lipinski definition) is 6. The lowest BCUT2D eigenvalue weighted by Crippen LogP contribution is -2.30. The van der Waals surface area contributed by atoms with E-state index in [4.69, 9.17) is 4.42 Å². The van der Waals surface area contributed by atoms with E-state index in [0.29, 0.717) is 52.9 Å². The molecule has 0 fully saturated rings. The maximum Gasteiger partial charge on any atom is 0.433 e. The summed E-state index contributed by atoms with van der Waals surface area (Å²) in [5.41, 5.74) is 0.869. The highest BCUT2D eigenvalue weighted by Crippen LogP contribution is 2.31. The molecule has 0 saturated carbocycles. The van der Waals surface area contributed by atoms with Gasteiger partial charge in [-0.05, 0) is 42.0 Å². The van der Waals surface area contributed by atoms with Crippen LogP contribution >= 0.6 is 11.8 Å². The quantitative estimate of drug-likeness (QED) is 0.272. The molecule has 186 valence electrons.